The SMILES string of the molecule is CO[C@@H]1/C=C/C=C(\C)Cc2cc(C)c(Cl)c(c2)N(C)C(=O)C[C@H](OC(=O)[C@H](C)N(C)C(=O)c2ccc(CC(C)C)c(S(C)(=O)=O)c2)[C@]2(C)O[C@H]2[C@H](C)[C@@H]2C[C@@]1(O)CC(=O)O2. The van der Waals surface area contributed by atoms with Gasteiger partial charge in [0, 0.05) is 45.4 Å². The number of hydrogen-bond acceptors (Lipinski definition) is 11. The Labute approximate surface area is 358 Å². The van der Waals surface area contributed by atoms with Crippen LogP contribution in [0.3, 0.4) is 0 Å². The highest BCUT2D eigenvalue weighted by Gasteiger charge is 2.64. The van der Waals surface area contributed by atoms with E-state index >= 15 is 0 Å². The number of amides is 2. The number of nitrogens with zero attached hydrogens (tertiary/aromatic N) is 2. The number of sulfone groups is 1. The first-order chi connectivity index (χ1) is 27.9. The molecule has 0 unspecified atom stereocenters. The Morgan fingerprint density at radius 2 is 1.82 bits per heavy atom. The van der Waals surface area contributed by atoms with Gasteiger partial charge in [0.05, 0.1) is 34.6 Å². The lowest BCUT2D eigenvalue weighted by atomic mass is 9.78. The molecule has 0 radical (unpaired) electrons. The molecule has 15 heteroatoms. The van der Waals surface area contributed by atoms with Crippen molar-refractivity contribution in [2.45, 2.75) is 127 Å². The average Bonchev–Trinajstić information content (AvgIpc) is 3.86. The molecule has 13 nitrogen and oxygen atoms in total. The summed E-state index contributed by atoms with van der Waals surface area (Å²) in [5.74, 6) is -2.86. The number of ether oxygens (including phenoxy) is 4. The molecule has 3 aliphatic rings. The van der Waals surface area contributed by atoms with E-state index in [0.717, 1.165) is 27.9 Å². The van der Waals surface area contributed by atoms with E-state index in [1.807, 2.05) is 45.9 Å². The maximum absolute atomic E-state index is 14.3. The van der Waals surface area contributed by atoms with Crippen LogP contribution in [0, 0.1) is 18.8 Å². The summed E-state index contributed by atoms with van der Waals surface area (Å²) in [6.45, 7) is 12.7. The van der Waals surface area contributed by atoms with Crippen molar-refractivity contribution in [1.82, 2.24) is 4.90 Å². The fourth-order valence-electron chi connectivity index (χ4n) is 8.31. The number of epoxide rings is 1. The van der Waals surface area contributed by atoms with Gasteiger partial charge in [-0.2, -0.15) is 0 Å². The zero-order valence-corrected chi connectivity index (χ0v) is 38.0. The number of aryl methyl sites for hydroxylation is 1. The highest BCUT2D eigenvalue weighted by molar-refractivity contribution is 7.90. The van der Waals surface area contributed by atoms with Gasteiger partial charge in [0.2, 0.25) is 5.91 Å². The first-order valence-electron chi connectivity index (χ1n) is 20.2. The summed E-state index contributed by atoms with van der Waals surface area (Å²) in [4.78, 5) is 57.8. The van der Waals surface area contributed by atoms with Gasteiger partial charge in [-0.3, -0.25) is 14.4 Å². The molecule has 328 valence electrons. The number of esters is 2. The van der Waals surface area contributed by atoms with Gasteiger partial charge in [-0.25, -0.2) is 13.2 Å². The molecule has 4 bridgehead atoms. The second kappa shape index (κ2) is 18.1. The van der Waals surface area contributed by atoms with E-state index in [-0.39, 0.29) is 35.6 Å². The average molecular weight is 871 g/mol. The van der Waals surface area contributed by atoms with E-state index in [1.165, 1.54) is 32.0 Å². The zero-order valence-electron chi connectivity index (χ0n) is 36.4. The number of aliphatic hydroxyl groups is 1. The minimum atomic E-state index is -3.68. The lowest BCUT2D eigenvalue weighted by Gasteiger charge is -2.41. The summed E-state index contributed by atoms with van der Waals surface area (Å²) in [6.07, 6.45) is 3.33. The van der Waals surface area contributed by atoms with Crippen LogP contribution in [0.25, 0.3) is 0 Å². The Hall–Kier alpha value is -4.08. The largest absolute Gasteiger partial charge is 0.462 e. The first-order valence-corrected chi connectivity index (χ1v) is 22.5. The van der Waals surface area contributed by atoms with Crippen molar-refractivity contribution in [3.05, 3.63) is 81.4 Å². The summed E-state index contributed by atoms with van der Waals surface area (Å²) in [5.41, 5.74) is 0.874. The Kier molecular flexibility index (Phi) is 14.2. The van der Waals surface area contributed by atoms with Crippen molar-refractivity contribution < 1.29 is 51.6 Å². The fraction of sp³-hybridized carbons (Fsp3) is 0.556. The van der Waals surface area contributed by atoms with Gasteiger partial charge in [0.1, 0.15) is 35.6 Å². The number of carbonyl (C=O) groups is 4. The summed E-state index contributed by atoms with van der Waals surface area (Å²) in [5, 5.41) is 12.3. The molecule has 1 N–H and O–H groups in total. The van der Waals surface area contributed by atoms with Crippen LogP contribution < -0.4 is 4.90 Å². The van der Waals surface area contributed by atoms with Crippen molar-refractivity contribution >= 4 is 50.9 Å². The predicted molar refractivity (Wildman–Crippen MR) is 228 cm³/mol. The smallest absolute Gasteiger partial charge is 0.328 e. The normalized spacial score (nSPS) is 29.5. The van der Waals surface area contributed by atoms with Gasteiger partial charge >= 0.3 is 11.9 Å². The summed E-state index contributed by atoms with van der Waals surface area (Å²) >= 11 is 6.81. The molecular formula is C45H59ClN2O11S. The van der Waals surface area contributed by atoms with E-state index in [2.05, 4.69) is 0 Å². The number of likely N-dealkylation sites (N-methyl/N-ethyl adjacent to an activating group) is 1. The van der Waals surface area contributed by atoms with Crippen molar-refractivity contribution in [3.8, 4) is 0 Å². The Morgan fingerprint density at radius 1 is 1.13 bits per heavy atom. The minimum Gasteiger partial charge on any atom is -0.462 e. The van der Waals surface area contributed by atoms with Gasteiger partial charge < -0.3 is 33.9 Å². The second-order valence-electron chi connectivity index (χ2n) is 17.4. The lowest BCUT2D eigenvalue weighted by molar-refractivity contribution is -0.187. The van der Waals surface area contributed by atoms with Gasteiger partial charge in [-0.1, -0.05) is 68.3 Å². The highest BCUT2D eigenvalue weighted by Crippen LogP contribution is 2.49. The number of benzene rings is 2. The number of halogens is 1. The number of hydrogen-bond donors (Lipinski definition) is 1. The number of carbonyl (C=O) groups excluding carboxylic acids is 4. The molecule has 8 atom stereocenters. The molecule has 2 fully saturated rings. The molecule has 5 rings (SSSR count). The molecule has 0 saturated carbocycles. The van der Waals surface area contributed by atoms with Crippen LogP contribution in [0.1, 0.15) is 87.9 Å². The van der Waals surface area contributed by atoms with E-state index in [4.69, 9.17) is 30.5 Å². The van der Waals surface area contributed by atoms with E-state index in [9.17, 15) is 32.7 Å². The minimum absolute atomic E-state index is 0.0283. The number of fused-ring (bicyclic) bond motifs is 5. The number of methoxy groups -OCH3 is 1. The van der Waals surface area contributed by atoms with Gasteiger partial charge in [-0.05, 0) is 81.3 Å². The fourth-order valence-corrected chi connectivity index (χ4v) is 9.52. The molecular weight excluding hydrogens is 812 g/mol. The van der Waals surface area contributed by atoms with Crippen molar-refractivity contribution in [3.63, 3.8) is 0 Å². The van der Waals surface area contributed by atoms with Crippen molar-refractivity contribution in [1.29, 1.82) is 0 Å². The first kappa shape index (κ1) is 47.0. The Morgan fingerprint density at radius 3 is 2.45 bits per heavy atom. The predicted octanol–water partition coefficient (Wildman–Crippen LogP) is 5.98. The molecule has 0 aliphatic carbocycles. The quantitative estimate of drug-likeness (QED) is 0.245. The second-order valence-corrected chi connectivity index (χ2v) is 19.8. The molecule has 3 heterocycles. The number of anilines is 1. The van der Waals surface area contributed by atoms with Crippen LogP contribution in [0.5, 0.6) is 0 Å². The molecule has 2 aromatic rings. The summed E-state index contributed by atoms with van der Waals surface area (Å²) in [7, 11) is 0.787. The van der Waals surface area contributed by atoms with Crippen LogP contribution in [0.15, 0.2) is 59.0 Å². The topological polar surface area (TPSA) is 169 Å². The molecule has 60 heavy (non-hydrogen) atoms. The summed E-state index contributed by atoms with van der Waals surface area (Å²) in [6, 6.07) is 7.09. The van der Waals surface area contributed by atoms with Gasteiger partial charge in [-0.15, -0.1) is 0 Å². The molecule has 2 aromatic carbocycles. The van der Waals surface area contributed by atoms with Gasteiger partial charge in [0.15, 0.2) is 9.84 Å². The van der Waals surface area contributed by atoms with E-state index in [0.29, 0.717) is 29.1 Å². The standard InChI is InChI=1S/C45H59ClN2O11S/c1-25(2)17-31-15-16-32(21-35(31)60(11,54)55)42(51)47(8)29(6)43(52)58-37-22-38(49)48(9)33-20-30(19-27(4)40(33)46)18-26(3)13-12-14-36(56-10)45(53)23-34(57-39(50)24-45)28(5)41-44(37,7)59-41/h12-16,19-21,25,28-29,34,36-37,41,53H,17-18,22-24H2,1-11H3/b14-12+,26-13+/t28-,29+,34+,36-,37+,41+,44+,45-/m1/s1. The van der Waals surface area contributed by atoms with Crippen LogP contribution in [-0.2, 0) is 56.0 Å². The Balaban J connectivity index is 1.50. The van der Waals surface area contributed by atoms with E-state index < -0.39 is 81.2 Å². The number of rotatable bonds is 8. The molecule has 2 amide bonds. The maximum Gasteiger partial charge on any atom is 0.328 e. The summed E-state index contributed by atoms with van der Waals surface area (Å²) < 4.78 is 49.5. The van der Waals surface area contributed by atoms with E-state index in [1.54, 1.807) is 45.2 Å². The highest BCUT2D eigenvalue weighted by atomic mass is 35.5. The molecule has 3 aliphatic heterocycles. The molecule has 0 spiro atoms. The zero-order chi connectivity index (χ0) is 44.6. The third-order valence-electron chi connectivity index (χ3n) is 12.0. The van der Waals surface area contributed by atoms with Crippen LogP contribution in [-0.4, -0.2) is 111 Å². The van der Waals surface area contributed by atoms with Crippen LogP contribution >= 0.6 is 11.6 Å². The molecule has 2 saturated heterocycles. The maximum atomic E-state index is 14.3. The van der Waals surface area contributed by atoms with Crippen molar-refractivity contribution in [2.24, 2.45) is 11.8 Å². The lowest BCUT2D eigenvalue weighted by Crippen LogP contribution is -2.53. The Bertz CT molecular complexity index is 2190. The van der Waals surface area contributed by atoms with Crippen molar-refractivity contribution in [2.75, 3.05) is 32.4 Å². The molecule has 0 aromatic heterocycles. The van der Waals surface area contributed by atoms with Crippen LogP contribution in [0.2, 0.25) is 5.02 Å². The third-order valence-corrected chi connectivity index (χ3v) is 13.7. The van der Waals surface area contributed by atoms with Gasteiger partial charge in [0.25, 0.3) is 5.91 Å². The number of allylic oxidation sites excluding steroid dienone is 3. The third kappa shape index (κ3) is 10.2. The monoisotopic (exact) mass is 870 g/mol. The van der Waals surface area contributed by atoms with Crippen LogP contribution in [0.4, 0.5) is 5.69 Å².